The maximum absolute atomic E-state index is 4.82. The summed E-state index contributed by atoms with van der Waals surface area (Å²) in [5.74, 6) is 1.80. The van der Waals surface area contributed by atoms with Crippen molar-refractivity contribution in [1.82, 2.24) is 29.6 Å². The van der Waals surface area contributed by atoms with Crippen LogP contribution in [0.1, 0.15) is 56.4 Å². The highest BCUT2D eigenvalue weighted by atomic mass is 32.2. The number of hydrogen-bond donors (Lipinski definition) is 0. The van der Waals surface area contributed by atoms with Crippen LogP contribution in [0.3, 0.4) is 0 Å². The molecule has 6 nitrogen and oxygen atoms in total. The van der Waals surface area contributed by atoms with Crippen LogP contribution in [0.15, 0.2) is 29.4 Å². The van der Waals surface area contributed by atoms with Crippen molar-refractivity contribution >= 4 is 22.8 Å². The van der Waals surface area contributed by atoms with E-state index in [1.807, 2.05) is 31.2 Å². The molecule has 0 aliphatic carbocycles. The SMILES string of the molecule is CCCCn1c(SCc2nc3ccccc3nc2C)nnc1C(CC)N(C)C. The molecule has 0 saturated carbocycles. The van der Waals surface area contributed by atoms with Crippen LogP contribution < -0.4 is 0 Å². The molecule has 1 unspecified atom stereocenters. The molecule has 0 amide bonds. The molecule has 3 aromatic rings. The van der Waals surface area contributed by atoms with Crippen LogP contribution in [0, 0.1) is 6.92 Å². The van der Waals surface area contributed by atoms with Gasteiger partial charge in [-0.05, 0) is 46.0 Å². The summed E-state index contributed by atoms with van der Waals surface area (Å²) in [5, 5.41) is 10.1. The first-order valence-electron chi connectivity index (χ1n) is 9.99. The Bertz CT molecular complexity index is 920. The zero-order chi connectivity index (χ0) is 20.1. The van der Waals surface area contributed by atoms with E-state index in [9.17, 15) is 0 Å². The molecule has 0 N–H and O–H groups in total. The number of aryl methyl sites for hydroxylation is 1. The second kappa shape index (κ2) is 9.47. The predicted octanol–water partition coefficient (Wildman–Crippen LogP) is 4.63. The molecule has 0 aliphatic heterocycles. The Labute approximate surface area is 171 Å². The number of unbranched alkanes of at least 4 members (excludes halogenated alkanes) is 1. The van der Waals surface area contributed by atoms with E-state index in [0.717, 1.165) is 65.0 Å². The molecule has 150 valence electrons. The molecule has 28 heavy (non-hydrogen) atoms. The number of nitrogens with zero attached hydrogens (tertiary/aromatic N) is 6. The topological polar surface area (TPSA) is 59.7 Å². The van der Waals surface area contributed by atoms with Crippen molar-refractivity contribution in [3.63, 3.8) is 0 Å². The minimum absolute atomic E-state index is 0.279. The Kier molecular flexibility index (Phi) is 7.02. The van der Waals surface area contributed by atoms with Crippen molar-refractivity contribution in [2.75, 3.05) is 14.1 Å². The number of rotatable bonds is 9. The summed E-state index contributed by atoms with van der Waals surface area (Å²) in [6.07, 6.45) is 3.28. The van der Waals surface area contributed by atoms with Crippen LogP contribution in [0.25, 0.3) is 11.0 Å². The molecular formula is C21H30N6S. The lowest BCUT2D eigenvalue weighted by molar-refractivity contribution is 0.270. The summed E-state index contributed by atoms with van der Waals surface area (Å²) in [7, 11) is 4.21. The van der Waals surface area contributed by atoms with E-state index in [0.29, 0.717) is 0 Å². The summed E-state index contributed by atoms with van der Waals surface area (Å²) < 4.78 is 2.30. The van der Waals surface area contributed by atoms with E-state index in [1.54, 1.807) is 11.8 Å². The Morgan fingerprint density at radius 1 is 1.07 bits per heavy atom. The van der Waals surface area contributed by atoms with Gasteiger partial charge >= 0.3 is 0 Å². The van der Waals surface area contributed by atoms with Gasteiger partial charge in [-0.15, -0.1) is 10.2 Å². The third-order valence-corrected chi connectivity index (χ3v) is 5.95. The Balaban J connectivity index is 1.85. The van der Waals surface area contributed by atoms with E-state index >= 15 is 0 Å². The largest absolute Gasteiger partial charge is 0.305 e. The fourth-order valence-electron chi connectivity index (χ4n) is 3.35. The van der Waals surface area contributed by atoms with E-state index in [4.69, 9.17) is 9.97 Å². The van der Waals surface area contributed by atoms with E-state index in [1.165, 1.54) is 0 Å². The molecule has 1 aromatic carbocycles. The van der Waals surface area contributed by atoms with Crippen LogP contribution in [-0.2, 0) is 12.3 Å². The van der Waals surface area contributed by atoms with Crippen molar-refractivity contribution in [3.05, 3.63) is 41.5 Å². The van der Waals surface area contributed by atoms with Gasteiger partial charge in [-0.2, -0.15) is 0 Å². The minimum Gasteiger partial charge on any atom is -0.305 e. The number of para-hydroxylation sites is 2. The zero-order valence-electron chi connectivity index (χ0n) is 17.5. The van der Waals surface area contributed by atoms with Crippen molar-refractivity contribution in [3.8, 4) is 0 Å². The van der Waals surface area contributed by atoms with E-state index in [-0.39, 0.29) is 6.04 Å². The average Bonchev–Trinajstić information content (AvgIpc) is 3.07. The highest BCUT2D eigenvalue weighted by Crippen LogP contribution is 2.28. The highest BCUT2D eigenvalue weighted by Gasteiger charge is 2.22. The molecule has 2 aromatic heterocycles. The quantitative estimate of drug-likeness (QED) is 0.490. The summed E-state index contributed by atoms with van der Waals surface area (Å²) in [4.78, 5) is 11.7. The first kappa shape index (κ1) is 20.7. The molecule has 0 spiro atoms. The van der Waals surface area contributed by atoms with Crippen molar-refractivity contribution in [2.45, 2.75) is 63.5 Å². The van der Waals surface area contributed by atoms with Gasteiger partial charge in [-0.1, -0.05) is 44.2 Å². The predicted molar refractivity (Wildman–Crippen MR) is 115 cm³/mol. The number of hydrogen-bond acceptors (Lipinski definition) is 6. The molecule has 7 heteroatoms. The zero-order valence-corrected chi connectivity index (χ0v) is 18.3. The van der Waals surface area contributed by atoms with Gasteiger partial charge in [0.25, 0.3) is 0 Å². The normalized spacial score (nSPS) is 12.8. The monoisotopic (exact) mass is 398 g/mol. The first-order valence-corrected chi connectivity index (χ1v) is 11.0. The second-order valence-corrected chi connectivity index (χ2v) is 8.21. The van der Waals surface area contributed by atoms with Gasteiger partial charge in [0, 0.05) is 12.3 Å². The number of thioether (sulfide) groups is 1. The summed E-state index contributed by atoms with van der Waals surface area (Å²) >= 11 is 1.70. The number of benzene rings is 1. The third kappa shape index (κ3) is 4.52. The van der Waals surface area contributed by atoms with E-state index in [2.05, 4.69) is 47.6 Å². The van der Waals surface area contributed by atoms with Crippen LogP contribution >= 0.6 is 11.8 Å². The van der Waals surface area contributed by atoms with Crippen LogP contribution in [0.5, 0.6) is 0 Å². The second-order valence-electron chi connectivity index (χ2n) is 7.27. The van der Waals surface area contributed by atoms with Gasteiger partial charge in [-0.3, -0.25) is 4.90 Å². The van der Waals surface area contributed by atoms with Crippen molar-refractivity contribution < 1.29 is 0 Å². The average molecular weight is 399 g/mol. The molecule has 0 radical (unpaired) electrons. The summed E-state index contributed by atoms with van der Waals surface area (Å²) in [6.45, 7) is 7.40. The lowest BCUT2D eigenvalue weighted by Gasteiger charge is -2.23. The summed E-state index contributed by atoms with van der Waals surface area (Å²) in [5.41, 5.74) is 3.87. The van der Waals surface area contributed by atoms with Crippen molar-refractivity contribution in [2.24, 2.45) is 0 Å². The maximum Gasteiger partial charge on any atom is 0.191 e. The summed E-state index contributed by atoms with van der Waals surface area (Å²) in [6, 6.07) is 8.30. The molecule has 0 bridgehead atoms. The van der Waals surface area contributed by atoms with E-state index < -0.39 is 0 Å². The fourth-order valence-corrected chi connectivity index (χ4v) is 4.33. The van der Waals surface area contributed by atoms with Gasteiger partial charge in [-0.25, -0.2) is 9.97 Å². The Morgan fingerprint density at radius 2 is 1.79 bits per heavy atom. The van der Waals surface area contributed by atoms with Crippen molar-refractivity contribution in [1.29, 1.82) is 0 Å². The smallest absolute Gasteiger partial charge is 0.191 e. The molecule has 2 heterocycles. The van der Waals surface area contributed by atoms with Gasteiger partial charge in [0.05, 0.1) is 28.5 Å². The molecule has 0 fully saturated rings. The van der Waals surface area contributed by atoms with Gasteiger partial charge < -0.3 is 4.57 Å². The maximum atomic E-state index is 4.82. The lowest BCUT2D eigenvalue weighted by Crippen LogP contribution is -2.23. The molecule has 3 rings (SSSR count). The van der Waals surface area contributed by atoms with Crippen LogP contribution in [0.4, 0.5) is 0 Å². The highest BCUT2D eigenvalue weighted by molar-refractivity contribution is 7.98. The van der Waals surface area contributed by atoms with Gasteiger partial charge in [0.15, 0.2) is 11.0 Å². The Hall–Kier alpha value is -1.99. The molecule has 1 atom stereocenters. The molecule has 0 aliphatic rings. The lowest BCUT2D eigenvalue weighted by atomic mass is 10.2. The number of fused-ring (bicyclic) bond motifs is 1. The third-order valence-electron chi connectivity index (χ3n) is 4.97. The minimum atomic E-state index is 0.279. The molecule has 0 saturated heterocycles. The number of aromatic nitrogens is 5. The Morgan fingerprint density at radius 3 is 2.43 bits per heavy atom. The van der Waals surface area contributed by atoms with Gasteiger partial charge in [0.1, 0.15) is 0 Å². The molecular weight excluding hydrogens is 368 g/mol. The van der Waals surface area contributed by atoms with Crippen LogP contribution in [-0.4, -0.2) is 43.7 Å². The standard InChI is InChI=1S/C21H30N6S/c1-6-8-13-27-20(19(7-2)26(4)5)24-25-21(27)28-14-18-15(3)22-16-11-9-10-12-17(16)23-18/h9-12,19H,6-8,13-14H2,1-5H3. The van der Waals surface area contributed by atoms with Crippen LogP contribution in [0.2, 0.25) is 0 Å². The first-order chi connectivity index (χ1) is 13.5. The van der Waals surface area contributed by atoms with Gasteiger partial charge in [0.2, 0.25) is 0 Å². The fraction of sp³-hybridized carbons (Fsp3) is 0.524.